The summed E-state index contributed by atoms with van der Waals surface area (Å²) in [6, 6.07) is 28.0. The molecule has 1 fully saturated rings. The minimum atomic E-state index is -2.88. The van der Waals surface area contributed by atoms with Crippen molar-refractivity contribution in [3.63, 3.8) is 0 Å². The molecule has 0 radical (unpaired) electrons. The third kappa shape index (κ3) is 4.33. The number of halogens is 2. The fourth-order valence-corrected chi connectivity index (χ4v) is 24.5. The Hall–Kier alpha value is -1.66. The molecule has 0 aromatic heterocycles. The zero-order chi connectivity index (χ0) is 26.4. The Kier molecular flexibility index (Phi) is 7.65. The summed E-state index contributed by atoms with van der Waals surface area (Å²) in [7, 11) is 0. The first-order valence-electron chi connectivity index (χ1n) is 14.6. The third-order valence-electron chi connectivity index (χ3n) is 10.0. The summed E-state index contributed by atoms with van der Waals surface area (Å²) in [5.41, 5.74) is 10.2. The standard InChI is InChI=1S/2C17H17.C3H6.2ClH.Zr/c2*1-17(2,3)14-10-13-9-8-12-6-4-5-7-15(12)16(13)11-14;1-3-2;;;/h2*4-11H,1-3H3;1-3H2;2*1H;/q;;;;;+2/p-2. The predicted octanol–water partition coefficient (Wildman–Crippen LogP) is 5.06. The van der Waals surface area contributed by atoms with Crippen LogP contribution >= 0.6 is 0 Å². The summed E-state index contributed by atoms with van der Waals surface area (Å²) in [4.78, 5) is 0. The second-order valence-corrected chi connectivity index (χ2v) is 25.6. The van der Waals surface area contributed by atoms with Crippen LogP contribution in [0.4, 0.5) is 0 Å². The molecule has 2 unspecified atom stereocenters. The minimum absolute atomic E-state index is 0. The van der Waals surface area contributed by atoms with Gasteiger partial charge in [0.2, 0.25) is 0 Å². The van der Waals surface area contributed by atoms with Gasteiger partial charge in [-0.15, -0.1) is 0 Å². The molecule has 7 rings (SSSR count). The molecular formula is C37H40Cl2Zr. The van der Waals surface area contributed by atoms with E-state index in [-0.39, 0.29) is 35.6 Å². The van der Waals surface area contributed by atoms with Gasteiger partial charge in [0.15, 0.2) is 0 Å². The molecule has 1 heterocycles. The monoisotopic (exact) mass is 644 g/mol. The molecule has 4 aromatic carbocycles. The average Bonchev–Trinajstić information content (AvgIpc) is 3.44. The maximum absolute atomic E-state index is 2.88. The van der Waals surface area contributed by atoms with Crippen molar-refractivity contribution in [1.82, 2.24) is 0 Å². The first-order valence-corrected chi connectivity index (χ1v) is 20.9. The van der Waals surface area contributed by atoms with Crippen LogP contribution in [0.1, 0.15) is 77.5 Å². The van der Waals surface area contributed by atoms with E-state index >= 15 is 0 Å². The van der Waals surface area contributed by atoms with E-state index in [1.807, 2.05) is 0 Å². The zero-order valence-electron chi connectivity index (χ0n) is 24.6. The van der Waals surface area contributed by atoms with Gasteiger partial charge in [0, 0.05) is 0 Å². The van der Waals surface area contributed by atoms with Crippen LogP contribution in [0.5, 0.6) is 0 Å². The van der Waals surface area contributed by atoms with E-state index in [0.717, 1.165) is 0 Å². The smallest absolute Gasteiger partial charge is 1.00 e. The maximum Gasteiger partial charge on any atom is -1.00 e. The van der Waals surface area contributed by atoms with Crippen molar-refractivity contribution in [2.24, 2.45) is 10.8 Å². The minimum Gasteiger partial charge on any atom is -1.00 e. The van der Waals surface area contributed by atoms with Gasteiger partial charge >= 0.3 is 234 Å². The molecule has 3 aliphatic rings. The fourth-order valence-electron chi connectivity index (χ4n) is 8.13. The van der Waals surface area contributed by atoms with Crippen molar-refractivity contribution >= 4 is 33.7 Å². The second kappa shape index (κ2) is 10.3. The summed E-state index contributed by atoms with van der Waals surface area (Å²) in [5.74, 6) is 0. The molecule has 2 aliphatic carbocycles. The van der Waals surface area contributed by atoms with Crippen LogP contribution in [0, 0.1) is 10.8 Å². The number of fused-ring (bicyclic) bond motifs is 6. The normalized spacial score (nSPS) is 20.2. The van der Waals surface area contributed by atoms with Crippen molar-refractivity contribution in [2.45, 2.75) is 63.5 Å². The van der Waals surface area contributed by atoms with E-state index in [1.165, 1.54) is 47.4 Å². The molecule has 40 heavy (non-hydrogen) atoms. The molecule has 206 valence electrons. The Bertz CT molecular complexity index is 1550. The molecule has 3 heteroatoms. The van der Waals surface area contributed by atoms with Gasteiger partial charge < -0.3 is 24.8 Å². The maximum atomic E-state index is 2.65. The molecule has 0 amide bonds. The molecule has 0 bridgehead atoms. The van der Waals surface area contributed by atoms with Gasteiger partial charge in [0.25, 0.3) is 0 Å². The van der Waals surface area contributed by atoms with E-state index in [0.29, 0.717) is 7.25 Å². The van der Waals surface area contributed by atoms with Crippen molar-refractivity contribution in [3.8, 4) is 0 Å². The first kappa shape index (κ1) is 29.8. The Labute approximate surface area is 257 Å². The Morgan fingerprint density at radius 1 is 0.550 bits per heavy atom. The predicted molar refractivity (Wildman–Crippen MR) is 162 cm³/mol. The molecule has 1 aliphatic heterocycles. The van der Waals surface area contributed by atoms with Gasteiger partial charge in [-0.25, -0.2) is 0 Å². The van der Waals surface area contributed by atoms with Crippen LogP contribution in [0.25, 0.3) is 33.7 Å². The Morgan fingerprint density at radius 3 is 1.30 bits per heavy atom. The van der Waals surface area contributed by atoms with Gasteiger partial charge in [-0.3, -0.25) is 0 Å². The summed E-state index contributed by atoms with van der Waals surface area (Å²) in [5, 5.41) is 5.64. The molecule has 0 saturated carbocycles. The number of hydrogen-bond donors (Lipinski definition) is 0. The topological polar surface area (TPSA) is 0 Å². The largest absolute Gasteiger partial charge is 1.00 e. The fraction of sp³-hybridized carbons (Fsp3) is 0.351. The molecule has 2 atom stereocenters. The number of hydrogen-bond acceptors (Lipinski definition) is 0. The Morgan fingerprint density at radius 2 is 0.950 bits per heavy atom. The van der Waals surface area contributed by atoms with Crippen LogP contribution < -0.4 is 24.8 Å². The first-order chi connectivity index (χ1) is 18.1. The van der Waals surface area contributed by atoms with Crippen LogP contribution in [-0.4, -0.2) is 0 Å². The van der Waals surface area contributed by atoms with Crippen LogP contribution in [0.15, 0.2) is 83.9 Å². The molecular weight excluding hydrogens is 607 g/mol. The van der Waals surface area contributed by atoms with Gasteiger partial charge in [0.05, 0.1) is 0 Å². The van der Waals surface area contributed by atoms with Gasteiger partial charge in [0.1, 0.15) is 0 Å². The van der Waals surface area contributed by atoms with Crippen molar-refractivity contribution < 1.29 is 45.1 Å². The summed E-state index contributed by atoms with van der Waals surface area (Å²) >= 11 is -2.88. The van der Waals surface area contributed by atoms with Crippen LogP contribution in [0.3, 0.4) is 0 Å². The van der Waals surface area contributed by atoms with Crippen molar-refractivity contribution in [1.29, 1.82) is 0 Å². The van der Waals surface area contributed by atoms with E-state index in [1.54, 1.807) is 22.3 Å². The third-order valence-corrected chi connectivity index (χ3v) is 25.0. The molecule has 0 N–H and O–H groups in total. The molecule has 0 nitrogen and oxygen atoms in total. The molecule has 0 spiro atoms. The van der Waals surface area contributed by atoms with E-state index in [4.69, 9.17) is 0 Å². The van der Waals surface area contributed by atoms with Crippen molar-refractivity contribution in [3.05, 3.63) is 106 Å². The van der Waals surface area contributed by atoms with Crippen LogP contribution in [0.2, 0.25) is 8.26 Å². The SMILES string of the molecule is CC(C)(C)C1=Cc2c(ccc3ccccc23)[CH]1[Zr+2]1([CH]2C(C(C)(C)C)=Cc3c2ccc2ccccc32)[CH2]C[CH2]1.[Cl-].[Cl-]. The molecule has 1 saturated heterocycles. The van der Waals surface area contributed by atoms with Gasteiger partial charge in [-0.05, 0) is 0 Å². The summed E-state index contributed by atoms with van der Waals surface area (Å²) in [6.07, 6.45) is 6.72. The van der Waals surface area contributed by atoms with E-state index in [2.05, 4.69) is 126 Å². The summed E-state index contributed by atoms with van der Waals surface area (Å²) < 4.78 is 4.32. The van der Waals surface area contributed by atoms with E-state index < -0.39 is 20.3 Å². The quantitative estimate of drug-likeness (QED) is 0.286. The number of benzene rings is 4. The van der Waals surface area contributed by atoms with Crippen LogP contribution in [-0.2, 0) is 20.3 Å². The summed E-state index contributed by atoms with van der Waals surface area (Å²) in [6.45, 7) is 14.8. The molecule has 4 aromatic rings. The second-order valence-electron chi connectivity index (χ2n) is 14.2. The average molecular weight is 647 g/mol. The van der Waals surface area contributed by atoms with Crippen molar-refractivity contribution in [2.75, 3.05) is 0 Å². The zero-order valence-corrected chi connectivity index (χ0v) is 28.6. The van der Waals surface area contributed by atoms with Gasteiger partial charge in [-0.2, -0.15) is 0 Å². The van der Waals surface area contributed by atoms with E-state index in [9.17, 15) is 0 Å². The van der Waals surface area contributed by atoms with Gasteiger partial charge in [-0.1, -0.05) is 0 Å². The Balaban J connectivity index is 0.00000161. The number of rotatable bonds is 2. The number of allylic oxidation sites excluding steroid dienone is 2.